The van der Waals surface area contributed by atoms with Crippen molar-refractivity contribution in [3.05, 3.63) is 101 Å². The highest BCUT2D eigenvalue weighted by atomic mass is 19.1. The van der Waals surface area contributed by atoms with Gasteiger partial charge in [-0.05, 0) is 67.9 Å². The molecule has 0 aliphatic rings. The predicted octanol–water partition coefficient (Wildman–Crippen LogP) is 5.55. The Labute approximate surface area is 194 Å². The fourth-order valence-electron chi connectivity index (χ4n) is 3.47. The molecule has 1 amide bonds. The van der Waals surface area contributed by atoms with Crippen LogP contribution in [0.4, 0.5) is 14.5 Å². The van der Waals surface area contributed by atoms with E-state index in [9.17, 15) is 18.4 Å². The van der Waals surface area contributed by atoms with Crippen LogP contribution in [0.2, 0.25) is 0 Å². The monoisotopic (exact) mass is 461 g/mol. The topological polar surface area (TPSA) is 73.2 Å². The van der Waals surface area contributed by atoms with Crippen molar-refractivity contribution in [3.63, 3.8) is 0 Å². The third-order valence-corrected chi connectivity index (χ3v) is 5.03. The van der Waals surface area contributed by atoms with Crippen LogP contribution in [0.15, 0.2) is 72.8 Å². The van der Waals surface area contributed by atoms with E-state index < -0.39 is 29.1 Å². The number of hydrogen-bond acceptors (Lipinski definition) is 4. The Hall–Kier alpha value is -4.33. The van der Waals surface area contributed by atoms with Crippen molar-refractivity contribution in [2.24, 2.45) is 0 Å². The number of ether oxygens (including phenoxy) is 1. The molecule has 8 heteroatoms. The highest BCUT2D eigenvalue weighted by Crippen LogP contribution is 2.27. The number of nitrogens with zero attached hydrogens (tertiary/aromatic N) is 2. The highest BCUT2D eigenvalue weighted by molar-refractivity contribution is 6.04. The van der Waals surface area contributed by atoms with Crippen molar-refractivity contribution in [3.8, 4) is 16.9 Å². The van der Waals surface area contributed by atoms with Gasteiger partial charge in [-0.1, -0.05) is 24.3 Å². The lowest BCUT2D eigenvalue weighted by atomic mass is 10.1. The van der Waals surface area contributed by atoms with Crippen molar-refractivity contribution < 1.29 is 23.1 Å². The van der Waals surface area contributed by atoms with Gasteiger partial charge in [-0.3, -0.25) is 4.79 Å². The second-order valence-corrected chi connectivity index (χ2v) is 7.55. The van der Waals surface area contributed by atoms with E-state index in [2.05, 4.69) is 10.4 Å². The maximum atomic E-state index is 14.0. The molecule has 0 aliphatic carbocycles. The molecular formula is C26H21F2N3O3. The van der Waals surface area contributed by atoms with Crippen LogP contribution < -0.4 is 5.32 Å². The Morgan fingerprint density at radius 3 is 2.56 bits per heavy atom. The molecule has 3 aromatic carbocycles. The lowest BCUT2D eigenvalue weighted by Crippen LogP contribution is -2.14. The van der Waals surface area contributed by atoms with Crippen LogP contribution in [-0.4, -0.2) is 28.3 Å². The smallest absolute Gasteiger partial charge is 0.358 e. The molecule has 6 nitrogen and oxygen atoms in total. The number of nitrogens with one attached hydrogen (secondary N) is 1. The van der Waals surface area contributed by atoms with Crippen molar-refractivity contribution in [1.29, 1.82) is 0 Å². The summed E-state index contributed by atoms with van der Waals surface area (Å²) in [7, 11) is 0. The zero-order valence-corrected chi connectivity index (χ0v) is 18.5. The summed E-state index contributed by atoms with van der Waals surface area (Å²) in [6, 6.07) is 18.7. The molecule has 0 radical (unpaired) electrons. The number of esters is 1. The molecule has 1 heterocycles. The largest absolute Gasteiger partial charge is 0.461 e. The van der Waals surface area contributed by atoms with E-state index in [0.717, 1.165) is 29.4 Å². The highest BCUT2D eigenvalue weighted by Gasteiger charge is 2.19. The Kier molecular flexibility index (Phi) is 6.49. The number of halogens is 2. The van der Waals surface area contributed by atoms with Gasteiger partial charge in [0, 0.05) is 11.3 Å². The van der Waals surface area contributed by atoms with Gasteiger partial charge in [0.1, 0.15) is 11.6 Å². The summed E-state index contributed by atoms with van der Waals surface area (Å²) in [5.74, 6) is -2.88. The molecule has 172 valence electrons. The predicted molar refractivity (Wildman–Crippen MR) is 124 cm³/mol. The van der Waals surface area contributed by atoms with E-state index in [4.69, 9.17) is 4.74 Å². The van der Waals surface area contributed by atoms with E-state index in [1.165, 1.54) is 0 Å². The van der Waals surface area contributed by atoms with Crippen molar-refractivity contribution in [2.75, 3.05) is 11.9 Å². The van der Waals surface area contributed by atoms with Gasteiger partial charge in [-0.2, -0.15) is 5.10 Å². The molecule has 0 fully saturated rings. The third kappa shape index (κ3) is 4.85. The minimum absolute atomic E-state index is 0.134. The Balaban J connectivity index is 1.73. The molecule has 0 saturated heterocycles. The summed E-state index contributed by atoms with van der Waals surface area (Å²) in [5, 5.41) is 7.03. The first-order valence-electron chi connectivity index (χ1n) is 10.6. The molecule has 4 rings (SSSR count). The lowest BCUT2D eigenvalue weighted by molar-refractivity contribution is 0.0519. The number of amides is 1. The van der Waals surface area contributed by atoms with E-state index in [1.54, 1.807) is 41.9 Å². The Bertz CT molecular complexity index is 1380. The van der Waals surface area contributed by atoms with Gasteiger partial charge in [-0.25, -0.2) is 18.3 Å². The molecule has 1 N–H and O–H groups in total. The summed E-state index contributed by atoms with van der Waals surface area (Å²) < 4.78 is 34.2. The first kappa shape index (κ1) is 22.8. The van der Waals surface area contributed by atoms with E-state index >= 15 is 0 Å². The normalized spacial score (nSPS) is 10.7. The summed E-state index contributed by atoms with van der Waals surface area (Å²) in [6.07, 6.45) is 0. The van der Waals surface area contributed by atoms with Crippen molar-refractivity contribution >= 4 is 17.6 Å². The van der Waals surface area contributed by atoms with Crippen LogP contribution in [-0.2, 0) is 4.74 Å². The van der Waals surface area contributed by atoms with Crippen LogP contribution in [0.3, 0.4) is 0 Å². The Morgan fingerprint density at radius 1 is 1.00 bits per heavy atom. The second-order valence-electron chi connectivity index (χ2n) is 7.55. The first-order valence-corrected chi connectivity index (χ1v) is 10.6. The quantitative estimate of drug-likeness (QED) is 0.382. The van der Waals surface area contributed by atoms with Gasteiger partial charge < -0.3 is 10.1 Å². The zero-order valence-electron chi connectivity index (χ0n) is 18.5. The van der Waals surface area contributed by atoms with E-state index in [1.807, 2.05) is 31.2 Å². The number of benzene rings is 3. The Morgan fingerprint density at radius 2 is 1.79 bits per heavy atom. The number of aromatic nitrogens is 2. The molecule has 0 atom stereocenters. The SMILES string of the molecule is CCOC(=O)c1cc(-c2cccc(NC(=O)c3cc(F)ccc3F)c2)n(-c2cccc(C)c2)n1. The number of hydrogen-bond donors (Lipinski definition) is 1. The van der Waals surface area contributed by atoms with Crippen LogP contribution in [0.5, 0.6) is 0 Å². The number of anilines is 1. The molecule has 4 aromatic rings. The second kappa shape index (κ2) is 9.66. The number of aryl methyl sites for hydroxylation is 1. The minimum atomic E-state index is -0.827. The number of rotatable bonds is 6. The van der Waals surface area contributed by atoms with Gasteiger partial charge >= 0.3 is 5.97 Å². The minimum Gasteiger partial charge on any atom is -0.461 e. The van der Waals surface area contributed by atoms with Crippen molar-refractivity contribution in [1.82, 2.24) is 9.78 Å². The summed E-state index contributed by atoms with van der Waals surface area (Å²) >= 11 is 0. The third-order valence-electron chi connectivity index (χ3n) is 5.03. The maximum absolute atomic E-state index is 14.0. The van der Waals surface area contributed by atoms with Crippen molar-refractivity contribution in [2.45, 2.75) is 13.8 Å². The molecule has 0 aliphatic heterocycles. The van der Waals surface area contributed by atoms with Crippen LogP contribution in [0, 0.1) is 18.6 Å². The molecule has 0 bridgehead atoms. The molecule has 34 heavy (non-hydrogen) atoms. The summed E-state index contributed by atoms with van der Waals surface area (Å²) in [5.41, 5.74) is 3.07. The maximum Gasteiger partial charge on any atom is 0.358 e. The van der Waals surface area contributed by atoms with Crippen LogP contribution >= 0.6 is 0 Å². The van der Waals surface area contributed by atoms with E-state index in [0.29, 0.717) is 16.9 Å². The summed E-state index contributed by atoms with van der Waals surface area (Å²) in [6.45, 7) is 3.87. The summed E-state index contributed by atoms with van der Waals surface area (Å²) in [4.78, 5) is 24.9. The van der Waals surface area contributed by atoms with Gasteiger partial charge in [-0.15, -0.1) is 0 Å². The number of carbonyl (C=O) groups is 2. The first-order chi connectivity index (χ1) is 16.4. The molecule has 1 aromatic heterocycles. The average molecular weight is 461 g/mol. The van der Waals surface area contributed by atoms with Gasteiger partial charge in [0.25, 0.3) is 5.91 Å². The van der Waals surface area contributed by atoms with Gasteiger partial charge in [0.2, 0.25) is 0 Å². The van der Waals surface area contributed by atoms with E-state index in [-0.39, 0.29) is 12.3 Å². The van der Waals surface area contributed by atoms with Crippen LogP contribution in [0.25, 0.3) is 16.9 Å². The number of carbonyl (C=O) groups excluding carboxylic acids is 2. The van der Waals surface area contributed by atoms with Gasteiger partial charge in [0.15, 0.2) is 5.69 Å². The average Bonchev–Trinajstić information content (AvgIpc) is 3.27. The molecule has 0 unspecified atom stereocenters. The lowest BCUT2D eigenvalue weighted by Gasteiger charge is -2.11. The molecular weight excluding hydrogens is 440 g/mol. The standard InChI is InChI=1S/C26H21F2N3O3/c1-3-34-26(33)23-15-24(31(30-23)20-9-4-6-16(2)12-20)17-7-5-8-19(13-17)29-25(32)21-14-18(27)10-11-22(21)28/h4-15H,3H2,1-2H3,(H,29,32). The zero-order chi connectivity index (χ0) is 24.2. The fourth-order valence-corrected chi connectivity index (χ4v) is 3.47. The fraction of sp³-hybridized carbons (Fsp3) is 0.115. The molecule has 0 spiro atoms. The van der Waals surface area contributed by atoms with Gasteiger partial charge in [0.05, 0.1) is 23.6 Å². The van der Waals surface area contributed by atoms with Crippen LogP contribution in [0.1, 0.15) is 33.3 Å². The molecule has 0 saturated carbocycles.